The molecule has 0 unspecified atom stereocenters. The summed E-state index contributed by atoms with van der Waals surface area (Å²) < 4.78 is 5.97. The normalized spacial score (nSPS) is 20.2. The first kappa shape index (κ1) is 15.3. The number of likely N-dealkylation sites (tertiary alicyclic amines) is 1. The Labute approximate surface area is 141 Å². The first-order valence-electron chi connectivity index (χ1n) is 8.68. The maximum absolute atomic E-state index is 12.8. The number of H-pyrrole nitrogens is 1. The summed E-state index contributed by atoms with van der Waals surface area (Å²) in [7, 11) is 0. The Bertz CT molecular complexity index is 713. The SMILES string of the molecule is O=C(c1n[nH]c2c1CCC2)N1CCC[C@H](OCc2ccccn2)C1. The Hall–Kier alpha value is -2.21. The number of nitrogens with zero attached hydrogens (tertiary/aromatic N) is 3. The molecule has 2 aromatic heterocycles. The van der Waals surface area contributed by atoms with E-state index in [1.54, 1.807) is 6.20 Å². The number of piperidine rings is 1. The van der Waals surface area contributed by atoms with Crippen LogP contribution in [0, 0.1) is 0 Å². The predicted octanol–water partition coefficient (Wildman–Crippen LogP) is 2.11. The molecule has 1 saturated heterocycles. The van der Waals surface area contributed by atoms with E-state index in [0.29, 0.717) is 18.8 Å². The first-order chi connectivity index (χ1) is 11.8. The fourth-order valence-electron chi connectivity index (χ4n) is 3.59. The van der Waals surface area contributed by atoms with Gasteiger partial charge in [-0.2, -0.15) is 5.10 Å². The number of hydrogen-bond acceptors (Lipinski definition) is 4. The molecule has 24 heavy (non-hydrogen) atoms. The van der Waals surface area contributed by atoms with Crippen LogP contribution in [0.1, 0.15) is 46.7 Å². The van der Waals surface area contributed by atoms with E-state index in [9.17, 15) is 4.79 Å². The predicted molar refractivity (Wildman–Crippen MR) is 88.6 cm³/mol. The minimum absolute atomic E-state index is 0.0422. The lowest BCUT2D eigenvalue weighted by Gasteiger charge is -2.32. The van der Waals surface area contributed by atoms with Crippen LogP contribution in [0.15, 0.2) is 24.4 Å². The summed E-state index contributed by atoms with van der Waals surface area (Å²) in [5.74, 6) is 0.0422. The van der Waals surface area contributed by atoms with E-state index in [1.807, 2.05) is 23.1 Å². The number of rotatable bonds is 4. The Morgan fingerprint density at radius 3 is 3.17 bits per heavy atom. The molecule has 1 aliphatic carbocycles. The third-order valence-corrected chi connectivity index (χ3v) is 4.87. The van der Waals surface area contributed by atoms with Gasteiger partial charge in [-0.3, -0.25) is 14.9 Å². The molecule has 0 bridgehead atoms. The topological polar surface area (TPSA) is 71.1 Å². The van der Waals surface area contributed by atoms with Crippen molar-refractivity contribution in [3.8, 4) is 0 Å². The van der Waals surface area contributed by atoms with Crippen molar-refractivity contribution in [3.63, 3.8) is 0 Å². The summed E-state index contributed by atoms with van der Waals surface area (Å²) in [6.45, 7) is 1.91. The monoisotopic (exact) mass is 326 g/mol. The lowest BCUT2D eigenvalue weighted by atomic mass is 10.1. The molecule has 2 aromatic rings. The molecule has 1 aliphatic heterocycles. The van der Waals surface area contributed by atoms with Crippen molar-refractivity contribution in [2.45, 2.75) is 44.8 Å². The summed E-state index contributed by atoms with van der Waals surface area (Å²) in [6, 6.07) is 5.81. The molecular formula is C18H22N4O2. The zero-order chi connectivity index (χ0) is 16.4. The quantitative estimate of drug-likeness (QED) is 0.934. The summed E-state index contributed by atoms with van der Waals surface area (Å²) in [6.07, 6.45) is 6.86. The van der Waals surface area contributed by atoms with Crippen molar-refractivity contribution in [2.24, 2.45) is 0 Å². The number of amides is 1. The van der Waals surface area contributed by atoms with Crippen LogP contribution >= 0.6 is 0 Å². The smallest absolute Gasteiger partial charge is 0.274 e. The average Bonchev–Trinajstić information content (AvgIpc) is 3.24. The average molecular weight is 326 g/mol. The summed E-state index contributed by atoms with van der Waals surface area (Å²) in [4.78, 5) is 19.0. The second-order valence-electron chi connectivity index (χ2n) is 6.53. The van der Waals surface area contributed by atoms with E-state index in [0.717, 1.165) is 55.6 Å². The van der Waals surface area contributed by atoms with Crippen LogP contribution in [-0.4, -0.2) is 45.2 Å². The lowest BCUT2D eigenvalue weighted by molar-refractivity contribution is -0.00804. The highest BCUT2D eigenvalue weighted by Gasteiger charge is 2.30. The first-order valence-corrected chi connectivity index (χ1v) is 8.68. The van der Waals surface area contributed by atoms with Crippen LogP contribution < -0.4 is 0 Å². The van der Waals surface area contributed by atoms with E-state index in [1.165, 1.54) is 0 Å². The molecule has 0 aromatic carbocycles. The van der Waals surface area contributed by atoms with Crippen molar-refractivity contribution >= 4 is 5.91 Å². The molecule has 1 N–H and O–H groups in total. The lowest BCUT2D eigenvalue weighted by Crippen LogP contribution is -2.43. The van der Waals surface area contributed by atoms with Crippen molar-refractivity contribution in [1.82, 2.24) is 20.1 Å². The zero-order valence-corrected chi connectivity index (χ0v) is 13.7. The van der Waals surface area contributed by atoms with Gasteiger partial charge in [0.2, 0.25) is 0 Å². The molecule has 1 amide bonds. The van der Waals surface area contributed by atoms with Gasteiger partial charge in [0, 0.05) is 30.5 Å². The van der Waals surface area contributed by atoms with Crippen LogP contribution in [0.5, 0.6) is 0 Å². The second-order valence-corrected chi connectivity index (χ2v) is 6.53. The molecule has 2 aliphatic rings. The Morgan fingerprint density at radius 2 is 2.29 bits per heavy atom. The van der Waals surface area contributed by atoms with E-state index in [2.05, 4.69) is 15.2 Å². The van der Waals surface area contributed by atoms with Gasteiger partial charge in [0.15, 0.2) is 5.69 Å². The Kier molecular flexibility index (Phi) is 4.30. The minimum atomic E-state index is 0.0422. The molecule has 3 heterocycles. The number of aromatic nitrogens is 3. The molecule has 1 atom stereocenters. The molecule has 1 fully saturated rings. The van der Waals surface area contributed by atoms with Gasteiger partial charge in [-0.05, 0) is 44.2 Å². The number of ether oxygens (including phenoxy) is 1. The number of pyridine rings is 1. The number of fused-ring (bicyclic) bond motifs is 1. The highest BCUT2D eigenvalue weighted by molar-refractivity contribution is 5.94. The molecule has 6 heteroatoms. The summed E-state index contributed by atoms with van der Waals surface area (Å²) in [5.41, 5.74) is 3.80. The number of carbonyl (C=O) groups is 1. The molecule has 0 radical (unpaired) electrons. The van der Waals surface area contributed by atoms with Crippen LogP contribution in [0.2, 0.25) is 0 Å². The summed E-state index contributed by atoms with van der Waals surface area (Å²) >= 11 is 0. The molecule has 6 nitrogen and oxygen atoms in total. The molecule has 126 valence electrons. The maximum atomic E-state index is 12.8. The Morgan fingerprint density at radius 1 is 1.33 bits per heavy atom. The van der Waals surface area contributed by atoms with Crippen LogP contribution in [0.3, 0.4) is 0 Å². The van der Waals surface area contributed by atoms with Gasteiger partial charge < -0.3 is 9.64 Å². The standard InChI is InChI=1S/C18H22N4O2/c23-18(17-15-7-3-8-16(15)20-21-17)22-10-4-6-14(11-22)24-12-13-5-1-2-9-19-13/h1-2,5,9,14H,3-4,6-8,10-12H2,(H,20,21)/t14-/m0/s1. The van der Waals surface area contributed by atoms with Gasteiger partial charge in [-0.25, -0.2) is 0 Å². The second kappa shape index (κ2) is 6.73. The molecule has 0 spiro atoms. The number of aromatic amines is 1. The molecular weight excluding hydrogens is 304 g/mol. The third-order valence-electron chi connectivity index (χ3n) is 4.87. The fraction of sp³-hybridized carbons (Fsp3) is 0.500. The fourth-order valence-corrected chi connectivity index (χ4v) is 3.59. The number of carbonyl (C=O) groups excluding carboxylic acids is 1. The van der Waals surface area contributed by atoms with Crippen molar-refractivity contribution < 1.29 is 9.53 Å². The van der Waals surface area contributed by atoms with Crippen molar-refractivity contribution in [3.05, 3.63) is 47.0 Å². The number of aryl methyl sites for hydroxylation is 1. The van der Waals surface area contributed by atoms with Gasteiger partial charge in [-0.1, -0.05) is 6.07 Å². The minimum Gasteiger partial charge on any atom is -0.370 e. The van der Waals surface area contributed by atoms with Crippen LogP contribution in [0.4, 0.5) is 0 Å². The largest absolute Gasteiger partial charge is 0.370 e. The maximum Gasteiger partial charge on any atom is 0.274 e. The number of hydrogen-bond donors (Lipinski definition) is 1. The highest BCUT2D eigenvalue weighted by atomic mass is 16.5. The van der Waals surface area contributed by atoms with E-state index < -0.39 is 0 Å². The van der Waals surface area contributed by atoms with Crippen molar-refractivity contribution in [1.29, 1.82) is 0 Å². The zero-order valence-electron chi connectivity index (χ0n) is 13.7. The van der Waals surface area contributed by atoms with Crippen LogP contribution in [0.25, 0.3) is 0 Å². The van der Waals surface area contributed by atoms with Crippen molar-refractivity contribution in [2.75, 3.05) is 13.1 Å². The van der Waals surface area contributed by atoms with Gasteiger partial charge in [-0.15, -0.1) is 0 Å². The summed E-state index contributed by atoms with van der Waals surface area (Å²) in [5, 5.41) is 7.29. The van der Waals surface area contributed by atoms with Gasteiger partial charge in [0.25, 0.3) is 5.91 Å². The van der Waals surface area contributed by atoms with Crippen LogP contribution in [-0.2, 0) is 24.2 Å². The van der Waals surface area contributed by atoms with Gasteiger partial charge >= 0.3 is 0 Å². The van der Waals surface area contributed by atoms with E-state index in [-0.39, 0.29) is 12.0 Å². The van der Waals surface area contributed by atoms with E-state index >= 15 is 0 Å². The Balaban J connectivity index is 1.38. The molecule has 4 rings (SSSR count). The van der Waals surface area contributed by atoms with E-state index in [4.69, 9.17) is 4.74 Å². The van der Waals surface area contributed by atoms with Gasteiger partial charge in [0.05, 0.1) is 18.4 Å². The highest BCUT2D eigenvalue weighted by Crippen LogP contribution is 2.25. The number of nitrogens with one attached hydrogen (secondary N) is 1. The molecule has 0 saturated carbocycles. The third kappa shape index (κ3) is 3.06. The van der Waals surface area contributed by atoms with Gasteiger partial charge in [0.1, 0.15) is 0 Å².